The van der Waals surface area contributed by atoms with E-state index in [1.54, 1.807) is 6.07 Å². The van der Waals surface area contributed by atoms with E-state index < -0.39 is 36.8 Å². The molecule has 1 saturated heterocycles. The molecule has 80 valence electrons. The third kappa shape index (κ3) is 2.38. The molecule has 0 aromatic rings. The summed E-state index contributed by atoms with van der Waals surface area (Å²) >= 11 is 0. The number of alkyl halides is 2. The summed E-state index contributed by atoms with van der Waals surface area (Å²) in [5.74, 6) is -3.92. The first-order valence-electron chi connectivity index (χ1n) is 3.77. The summed E-state index contributed by atoms with van der Waals surface area (Å²) in [6.07, 6.45) is -0.625. The second kappa shape index (κ2) is 4.64. The van der Waals surface area contributed by atoms with Gasteiger partial charge in [0.2, 0.25) is 0 Å². The highest BCUT2D eigenvalue weighted by molar-refractivity contribution is 5.87. The molecule has 2 unspecified atom stereocenters. The predicted molar refractivity (Wildman–Crippen MR) is 47.2 cm³/mol. The number of nitrogens with two attached hydrogens (primary N) is 1. The number of carbonyl (C=O) groups excluding carboxylic acids is 1. The van der Waals surface area contributed by atoms with Gasteiger partial charge in [0.25, 0.3) is 5.92 Å². The molecule has 1 rings (SSSR count). The number of halogens is 3. The molecule has 0 radical (unpaired) electrons. The average Bonchev–Trinajstić information content (AvgIpc) is 2.39. The highest BCUT2D eigenvalue weighted by atomic mass is 35.5. The van der Waals surface area contributed by atoms with E-state index in [1.807, 2.05) is 0 Å². The van der Waals surface area contributed by atoms with Crippen molar-refractivity contribution < 1.29 is 13.6 Å². The number of hydrogen-bond donors (Lipinski definition) is 2. The zero-order chi connectivity index (χ0) is 10.1. The lowest BCUT2D eigenvalue weighted by Gasteiger charge is -2.15. The minimum absolute atomic E-state index is 0. The molecule has 1 heterocycles. The van der Waals surface area contributed by atoms with Crippen molar-refractivity contribution in [3.05, 3.63) is 0 Å². The Labute approximate surface area is 85.9 Å². The van der Waals surface area contributed by atoms with Gasteiger partial charge in [-0.3, -0.25) is 10.1 Å². The van der Waals surface area contributed by atoms with E-state index in [4.69, 9.17) is 11.0 Å². The summed E-state index contributed by atoms with van der Waals surface area (Å²) in [5, 5.41) is 10.6. The van der Waals surface area contributed by atoms with Gasteiger partial charge in [-0.2, -0.15) is 5.26 Å². The fourth-order valence-electron chi connectivity index (χ4n) is 1.30. The summed E-state index contributed by atoms with van der Waals surface area (Å²) < 4.78 is 26.0. The molecule has 0 bridgehead atoms. The maximum absolute atomic E-state index is 13.0. The van der Waals surface area contributed by atoms with Crippen LogP contribution in [0.5, 0.6) is 0 Å². The van der Waals surface area contributed by atoms with Crippen molar-refractivity contribution >= 4 is 18.2 Å². The number of nitrogens with zero attached hydrogens (tertiary/aromatic N) is 1. The van der Waals surface area contributed by atoms with Gasteiger partial charge in [-0.25, -0.2) is 8.78 Å². The number of nitriles is 1. The Hall–Kier alpha value is -0.770. The lowest BCUT2D eigenvalue weighted by Crippen LogP contribution is -2.46. The monoisotopic (exact) mass is 225 g/mol. The van der Waals surface area contributed by atoms with Crippen LogP contribution >= 0.6 is 12.4 Å². The molecule has 0 aromatic heterocycles. The van der Waals surface area contributed by atoms with E-state index in [-0.39, 0.29) is 12.4 Å². The van der Waals surface area contributed by atoms with Gasteiger partial charge < -0.3 is 5.73 Å². The van der Waals surface area contributed by atoms with Crippen molar-refractivity contribution in [3.8, 4) is 6.07 Å². The molecular formula is C7H10ClF2N3O. The van der Waals surface area contributed by atoms with E-state index in [9.17, 15) is 13.6 Å². The molecule has 1 aliphatic rings. The lowest BCUT2D eigenvalue weighted by molar-refractivity contribution is -0.126. The first kappa shape index (κ1) is 13.2. The standard InChI is InChI=1S/C7H9F2N3O.ClH/c8-7(9)1-4(2-10)12-6(7)5(13)3-11;/h4,6,12H,1,3,11H2;1H. The summed E-state index contributed by atoms with van der Waals surface area (Å²) in [6.45, 7) is -0.439. The number of hydrogen-bond acceptors (Lipinski definition) is 4. The van der Waals surface area contributed by atoms with E-state index >= 15 is 0 Å². The molecule has 1 fully saturated rings. The number of carbonyl (C=O) groups is 1. The van der Waals surface area contributed by atoms with Crippen molar-refractivity contribution in [2.45, 2.75) is 24.4 Å². The molecule has 0 spiro atoms. The molecule has 0 saturated carbocycles. The summed E-state index contributed by atoms with van der Waals surface area (Å²) in [7, 11) is 0. The van der Waals surface area contributed by atoms with Gasteiger partial charge in [0, 0.05) is 6.42 Å². The first-order valence-corrected chi connectivity index (χ1v) is 3.77. The van der Waals surface area contributed by atoms with Crippen molar-refractivity contribution in [1.82, 2.24) is 5.32 Å². The van der Waals surface area contributed by atoms with Crippen LogP contribution in [0.25, 0.3) is 0 Å². The zero-order valence-corrected chi connectivity index (χ0v) is 7.98. The minimum Gasteiger partial charge on any atom is -0.324 e. The Bertz CT molecular complexity index is 266. The van der Waals surface area contributed by atoms with Crippen LogP contribution in [-0.4, -0.2) is 30.3 Å². The number of nitrogens with one attached hydrogen (secondary N) is 1. The van der Waals surface area contributed by atoms with Crippen molar-refractivity contribution in [2.75, 3.05) is 6.54 Å². The zero-order valence-electron chi connectivity index (χ0n) is 7.17. The van der Waals surface area contributed by atoms with Gasteiger partial charge in [0.05, 0.1) is 12.6 Å². The quantitative estimate of drug-likeness (QED) is 0.684. The Balaban J connectivity index is 0.00000169. The number of rotatable bonds is 2. The highest BCUT2D eigenvalue weighted by Gasteiger charge is 2.51. The maximum atomic E-state index is 13.0. The van der Waals surface area contributed by atoms with Crippen LogP contribution in [-0.2, 0) is 4.79 Å². The Morgan fingerprint density at radius 1 is 1.71 bits per heavy atom. The largest absolute Gasteiger partial charge is 0.324 e. The van der Waals surface area contributed by atoms with Gasteiger partial charge in [0.1, 0.15) is 12.1 Å². The molecule has 14 heavy (non-hydrogen) atoms. The lowest BCUT2D eigenvalue weighted by atomic mass is 10.1. The molecule has 7 heteroatoms. The third-order valence-electron chi connectivity index (χ3n) is 1.95. The SMILES string of the molecule is Cl.N#CC1CC(F)(F)C(C(=O)CN)N1. The second-order valence-electron chi connectivity index (χ2n) is 2.92. The van der Waals surface area contributed by atoms with Crippen LogP contribution in [0.4, 0.5) is 8.78 Å². The first-order chi connectivity index (χ1) is 6.01. The molecule has 0 amide bonds. The highest BCUT2D eigenvalue weighted by Crippen LogP contribution is 2.31. The van der Waals surface area contributed by atoms with Crippen LogP contribution in [0.1, 0.15) is 6.42 Å². The van der Waals surface area contributed by atoms with Crippen LogP contribution in [0.2, 0.25) is 0 Å². The van der Waals surface area contributed by atoms with Crippen LogP contribution in [0.3, 0.4) is 0 Å². The summed E-state index contributed by atoms with van der Waals surface area (Å²) in [4.78, 5) is 10.9. The molecule has 0 aromatic carbocycles. The van der Waals surface area contributed by atoms with E-state index in [1.165, 1.54) is 0 Å². The normalized spacial score (nSPS) is 29.0. The van der Waals surface area contributed by atoms with Crippen molar-refractivity contribution in [1.29, 1.82) is 5.26 Å². The molecule has 0 aliphatic carbocycles. The van der Waals surface area contributed by atoms with Gasteiger partial charge >= 0.3 is 0 Å². The van der Waals surface area contributed by atoms with E-state index in [0.29, 0.717) is 0 Å². The van der Waals surface area contributed by atoms with E-state index in [0.717, 1.165) is 0 Å². The molecule has 4 nitrogen and oxygen atoms in total. The summed E-state index contributed by atoms with van der Waals surface area (Å²) in [5.41, 5.74) is 4.95. The van der Waals surface area contributed by atoms with Crippen molar-refractivity contribution in [3.63, 3.8) is 0 Å². The van der Waals surface area contributed by atoms with Gasteiger partial charge in [-0.1, -0.05) is 0 Å². The average molecular weight is 226 g/mol. The van der Waals surface area contributed by atoms with Gasteiger partial charge in [-0.05, 0) is 0 Å². The van der Waals surface area contributed by atoms with Crippen LogP contribution < -0.4 is 11.1 Å². The number of Topliss-reactive ketones (excluding diaryl/α,β-unsaturated/α-hetero) is 1. The molecule has 1 aliphatic heterocycles. The van der Waals surface area contributed by atoms with Crippen LogP contribution in [0, 0.1) is 11.3 Å². The Morgan fingerprint density at radius 3 is 2.64 bits per heavy atom. The summed E-state index contributed by atoms with van der Waals surface area (Å²) in [6, 6.07) is -0.913. The van der Waals surface area contributed by atoms with Crippen LogP contribution in [0.15, 0.2) is 0 Å². The third-order valence-corrected chi connectivity index (χ3v) is 1.95. The molecule has 3 N–H and O–H groups in total. The molecular weight excluding hydrogens is 216 g/mol. The fourth-order valence-corrected chi connectivity index (χ4v) is 1.30. The van der Waals surface area contributed by atoms with Crippen molar-refractivity contribution in [2.24, 2.45) is 5.73 Å². The second-order valence-corrected chi connectivity index (χ2v) is 2.92. The Kier molecular flexibility index (Phi) is 4.39. The Morgan fingerprint density at radius 2 is 2.29 bits per heavy atom. The van der Waals surface area contributed by atoms with Gasteiger partial charge in [0.15, 0.2) is 5.78 Å². The number of ketones is 1. The predicted octanol–water partition coefficient (Wildman–Crippen LogP) is -0.175. The molecule has 2 atom stereocenters. The maximum Gasteiger partial charge on any atom is 0.272 e. The smallest absolute Gasteiger partial charge is 0.272 e. The van der Waals surface area contributed by atoms with Gasteiger partial charge in [-0.15, -0.1) is 12.4 Å². The fraction of sp³-hybridized carbons (Fsp3) is 0.714. The van der Waals surface area contributed by atoms with E-state index in [2.05, 4.69) is 5.32 Å². The minimum atomic E-state index is -3.16. The topological polar surface area (TPSA) is 78.9 Å².